The van der Waals surface area contributed by atoms with Crippen molar-refractivity contribution in [3.8, 4) is 0 Å². The molecule has 0 radical (unpaired) electrons. The maximum atomic E-state index is 12.7. The summed E-state index contributed by atoms with van der Waals surface area (Å²) in [5, 5.41) is 0. The van der Waals surface area contributed by atoms with Crippen molar-refractivity contribution in [1.29, 1.82) is 0 Å². The highest BCUT2D eigenvalue weighted by atomic mass is 79.9. The van der Waals surface area contributed by atoms with Crippen molar-refractivity contribution in [1.82, 2.24) is 4.90 Å². The highest BCUT2D eigenvalue weighted by Crippen LogP contribution is 2.26. The number of carbonyl (C=O) groups excluding carboxylic acids is 1. The van der Waals surface area contributed by atoms with Gasteiger partial charge in [-0.25, -0.2) is 8.42 Å². The lowest BCUT2D eigenvalue weighted by Crippen LogP contribution is -2.28. The molecule has 0 unspecified atom stereocenters. The van der Waals surface area contributed by atoms with Gasteiger partial charge in [0.25, 0.3) is 15.9 Å². The third-order valence-electron chi connectivity index (χ3n) is 3.92. The smallest absolute Gasteiger partial charge is 0.263 e. The van der Waals surface area contributed by atoms with Crippen LogP contribution in [0.1, 0.15) is 23.2 Å². The molecule has 24 heavy (non-hydrogen) atoms. The molecule has 1 saturated heterocycles. The van der Waals surface area contributed by atoms with E-state index in [0.717, 1.165) is 12.8 Å². The Morgan fingerprint density at radius 1 is 1.00 bits per heavy atom. The molecule has 1 aliphatic heterocycles. The van der Waals surface area contributed by atoms with E-state index in [1.807, 2.05) is 0 Å². The van der Waals surface area contributed by atoms with Crippen LogP contribution >= 0.6 is 15.9 Å². The summed E-state index contributed by atoms with van der Waals surface area (Å²) in [6.45, 7) is 1.42. The molecular formula is C17H17BrN2O3S. The summed E-state index contributed by atoms with van der Waals surface area (Å²) in [5.41, 5.74) is 0.667. The highest BCUT2D eigenvalue weighted by molar-refractivity contribution is 9.10. The van der Waals surface area contributed by atoms with E-state index in [-0.39, 0.29) is 10.8 Å². The zero-order valence-corrected chi connectivity index (χ0v) is 15.3. The number of nitrogens with zero attached hydrogens (tertiary/aromatic N) is 1. The van der Waals surface area contributed by atoms with Gasteiger partial charge in [0.1, 0.15) is 4.90 Å². The van der Waals surface area contributed by atoms with E-state index >= 15 is 0 Å². The van der Waals surface area contributed by atoms with Crippen LogP contribution < -0.4 is 4.72 Å². The number of benzene rings is 2. The Hall–Kier alpha value is -1.86. The quantitative estimate of drug-likeness (QED) is 0.841. The molecule has 1 fully saturated rings. The SMILES string of the molecule is O=C(c1ccccc1NS(=O)(=O)c1ccccc1Br)N1CCCC1. The van der Waals surface area contributed by atoms with Crippen LogP contribution in [0, 0.1) is 0 Å². The normalized spacial score (nSPS) is 14.6. The Morgan fingerprint density at radius 2 is 1.62 bits per heavy atom. The van der Waals surface area contributed by atoms with Gasteiger partial charge in [0.15, 0.2) is 0 Å². The van der Waals surface area contributed by atoms with E-state index in [0.29, 0.717) is 28.8 Å². The minimum atomic E-state index is -3.79. The van der Waals surface area contributed by atoms with Crippen molar-refractivity contribution in [2.45, 2.75) is 17.7 Å². The number of hydrogen-bond acceptors (Lipinski definition) is 3. The number of rotatable bonds is 4. The van der Waals surface area contributed by atoms with Gasteiger partial charge in [0, 0.05) is 17.6 Å². The predicted molar refractivity (Wildman–Crippen MR) is 96.5 cm³/mol. The van der Waals surface area contributed by atoms with Crippen molar-refractivity contribution in [2.75, 3.05) is 17.8 Å². The van der Waals surface area contributed by atoms with Crippen LogP contribution in [0.15, 0.2) is 57.9 Å². The summed E-state index contributed by atoms with van der Waals surface area (Å²) in [4.78, 5) is 14.5. The average molecular weight is 409 g/mol. The lowest BCUT2D eigenvalue weighted by atomic mass is 10.1. The molecule has 0 bridgehead atoms. The lowest BCUT2D eigenvalue weighted by Gasteiger charge is -2.18. The zero-order chi connectivity index (χ0) is 17.2. The molecule has 1 aliphatic rings. The Kier molecular flexibility index (Phi) is 4.91. The second-order valence-electron chi connectivity index (χ2n) is 5.58. The molecule has 2 aromatic rings. The largest absolute Gasteiger partial charge is 0.339 e. The summed E-state index contributed by atoms with van der Waals surface area (Å²) in [6, 6.07) is 13.3. The maximum absolute atomic E-state index is 12.7. The predicted octanol–water partition coefficient (Wildman–Crippen LogP) is 3.49. The van der Waals surface area contributed by atoms with E-state index in [4.69, 9.17) is 0 Å². The van der Waals surface area contributed by atoms with E-state index in [2.05, 4.69) is 20.7 Å². The van der Waals surface area contributed by atoms with Crippen LogP contribution in [0.3, 0.4) is 0 Å². The molecular weight excluding hydrogens is 392 g/mol. The van der Waals surface area contributed by atoms with Gasteiger partial charge in [-0.15, -0.1) is 0 Å². The van der Waals surface area contributed by atoms with Gasteiger partial charge in [0.2, 0.25) is 0 Å². The minimum Gasteiger partial charge on any atom is -0.339 e. The highest BCUT2D eigenvalue weighted by Gasteiger charge is 2.24. The first-order valence-corrected chi connectivity index (χ1v) is 9.92. The Labute approximate surface area is 149 Å². The number of halogens is 1. The fourth-order valence-electron chi connectivity index (χ4n) is 2.71. The first-order chi connectivity index (χ1) is 11.5. The minimum absolute atomic E-state index is 0.133. The summed E-state index contributed by atoms with van der Waals surface area (Å²) in [6.07, 6.45) is 1.97. The molecule has 0 aromatic heterocycles. The van der Waals surface area contributed by atoms with Crippen LogP contribution in [0.4, 0.5) is 5.69 Å². The molecule has 126 valence electrons. The molecule has 2 aromatic carbocycles. The number of sulfonamides is 1. The van der Waals surface area contributed by atoms with Crippen LogP contribution in [0.25, 0.3) is 0 Å². The molecule has 1 heterocycles. The Morgan fingerprint density at radius 3 is 2.33 bits per heavy atom. The molecule has 1 amide bonds. The molecule has 0 saturated carbocycles. The van der Waals surface area contributed by atoms with Crippen molar-refractivity contribution in [2.24, 2.45) is 0 Å². The van der Waals surface area contributed by atoms with Crippen molar-refractivity contribution in [3.63, 3.8) is 0 Å². The fourth-order valence-corrected chi connectivity index (χ4v) is 4.80. The molecule has 0 aliphatic carbocycles. The van der Waals surface area contributed by atoms with E-state index in [9.17, 15) is 13.2 Å². The standard InChI is InChI=1S/C17H17BrN2O3S/c18-14-8-2-4-10-16(14)24(22,23)19-15-9-3-1-7-13(15)17(21)20-11-5-6-12-20/h1-4,7-10,19H,5-6,11-12H2. The summed E-state index contributed by atoms with van der Waals surface area (Å²) in [5.74, 6) is -0.141. The van der Waals surface area contributed by atoms with Crippen molar-refractivity contribution >= 4 is 37.5 Å². The topological polar surface area (TPSA) is 66.5 Å². The maximum Gasteiger partial charge on any atom is 0.263 e. The van der Waals surface area contributed by atoms with E-state index < -0.39 is 10.0 Å². The van der Waals surface area contributed by atoms with Crippen LogP contribution in [0.2, 0.25) is 0 Å². The molecule has 1 N–H and O–H groups in total. The Balaban J connectivity index is 1.93. The number of likely N-dealkylation sites (tertiary alicyclic amines) is 1. The number of para-hydroxylation sites is 1. The molecule has 7 heteroatoms. The van der Waals surface area contributed by atoms with Gasteiger partial charge in [-0.2, -0.15) is 0 Å². The second kappa shape index (κ2) is 6.94. The van der Waals surface area contributed by atoms with Crippen molar-refractivity contribution < 1.29 is 13.2 Å². The van der Waals surface area contributed by atoms with Gasteiger partial charge in [-0.1, -0.05) is 24.3 Å². The van der Waals surface area contributed by atoms with Gasteiger partial charge >= 0.3 is 0 Å². The second-order valence-corrected chi connectivity index (χ2v) is 8.09. The fraction of sp³-hybridized carbons (Fsp3) is 0.235. The number of amides is 1. The summed E-state index contributed by atoms with van der Waals surface area (Å²) < 4.78 is 28.3. The molecule has 5 nitrogen and oxygen atoms in total. The summed E-state index contributed by atoms with van der Waals surface area (Å²) in [7, 11) is -3.79. The van der Waals surface area contributed by atoms with Crippen molar-refractivity contribution in [3.05, 3.63) is 58.6 Å². The summed E-state index contributed by atoms with van der Waals surface area (Å²) >= 11 is 3.25. The lowest BCUT2D eigenvalue weighted by molar-refractivity contribution is 0.0794. The van der Waals surface area contributed by atoms with Gasteiger partial charge < -0.3 is 4.90 Å². The van der Waals surface area contributed by atoms with Gasteiger partial charge in [-0.3, -0.25) is 9.52 Å². The van der Waals surface area contributed by atoms with Crippen LogP contribution in [0.5, 0.6) is 0 Å². The van der Waals surface area contributed by atoms with Gasteiger partial charge in [0.05, 0.1) is 11.3 Å². The van der Waals surface area contributed by atoms with Crippen LogP contribution in [-0.4, -0.2) is 32.3 Å². The third-order valence-corrected chi connectivity index (χ3v) is 6.30. The first kappa shape index (κ1) is 17.0. The zero-order valence-electron chi connectivity index (χ0n) is 12.9. The van der Waals surface area contributed by atoms with E-state index in [1.165, 1.54) is 6.07 Å². The average Bonchev–Trinajstić information content (AvgIpc) is 3.09. The molecule has 0 spiro atoms. The van der Waals surface area contributed by atoms with Gasteiger partial charge in [-0.05, 0) is 53.0 Å². The first-order valence-electron chi connectivity index (χ1n) is 7.65. The number of anilines is 1. The molecule has 3 rings (SSSR count). The molecule has 0 atom stereocenters. The Bertz CT molecular complexity index is 862. The monoisotopic (exact) mass is 408 g/mol. The number of hydrogen-bond donors (Lipinski definition) is 1. The third kappa shape index (κ3) is 3.47. The number of nitrogens with one attached hydrogen (secondary N) is 1. The number of carbonyl (C=O) groups is 1. The van der Waals surface area contributed by atoms with E-state index in [1.54, 1.807) is 47.4 Å². The van der Waals surface area contributed by atoms with Crippen LogP contribution in [-0.2, 0) is 10.0 Å².